The summed E-state index contributed by atoms with van der Waals surface area (Å²) in [4.78, 5) is 12.0. The first-order chi connectivity index (χ1) is 9.22. The second-order valence-electron chi connectivity index (χ2n) is 5.01. The first-order valence-corrected chi connectivity index (χ1v) is 6.19. The van der Waals surface area contributed by atoms with Crippen LogP contribution in [-0.2, 0) is 11.0 Å². The lowest BCUT2D eigenvalue weighted by Gasteiger charge is -2.22. The van der Waals surface area contributed by atoms with Crippen LogP contribution in [0.2, 0.25) is 0 Å². The smallest absolute Gasteiger partial charge is 0.322 e. The van der Waals surface area contributed by atoms with E-state index in [2.05, 4.69) is 5.32 Å². The first kappa shape index (κ1) is 17.7. The Morgan fingerprint density at radius 2 is 1.81 bits per heavy atom. The molecule has 0 aromatic heterocycles. The van der Waals surface area contributed by atoms with Gasteiger partial charge in [-0.1, -0.05) is 12.8 Å². The van der Waals surface area contributed by atoms with Crippen LogP contribution in [0, 0.1) is 5.82 Å². The minimum absolute atomic E-state index is 0. The van der Waals surface area contributed by atoms with Gasteiger partial charge in [-0.25, -0.2) is 4.39 Å². The third kappa shape index (κ3) is 3.85. The van der Waals surface area contributed by atoms with E-state index in [9.17, 15) is 22.4 Å². The largest absolute Gasteiger partial charge is 0.416 e. The van der Waals surface area contributed by atoms with E-state index in [1.54, 1.807) is 0 Å². The fourth-order valence-corrected chi connectivity index (χ4v) is 2.28. The average Bonchev–Trinajstić information content (AvgIpc) is 2.79. The molecule has 3 N–H and O–H groups in total. The van der Waals surface area contributed by atoms with Crippen molar-refractivity contribution in [3.05, 3.63) is 29.6 Å². The summed E-state index contributed by atoms with van der Waals surface area (Å²) in [7, 11) is 0. The fraction of sp³-hybridized carbons (Fsp3) is 0.462. The van der Waals surface area contributed by atoms with Crippen LogP contribution in [-0.4, -0.2) is 11.4 Å². The lowest BCUT2D eigenvalue weighted by atomic mass is 9.98. The van der Waals surface area contributed by atoms with E-state index in [1.165, 1.54) is 0 Å². The number of halogens is 5. The monoisotopic (exact) mass is 326 g/mol. The Morgan fingerprint density at radius 3 is 2.33 bits per heavy atom. The summed E-state index contributed by atoms with van der Waals surface area (Å²) in [6, 6.07) is 1.88. The van der Waals surface area contributed by atoms with Gasteiger partial charge in [0, 0.05) is 0 Å². The molecule has 2 rings (SSSR count). The maximum atomic E-state index is 13.5. The highest BCUT2D eigenvalue weighted by atomic mass is 35.5. The Bertz CT molecular complexity index is 527. The molecule has 118 valence electrons. The third-order valence-electron chi connectivity index (χ3n) is 3.49. The molecule has 1 aliphatic carbocycles. The van der Waals surface area contributed by atoms with Crippen molar-refractivity contribution in [3.8, 4) is 0 Å². The summed E-state index contributed by atoms with van der Waals surface area (Å²) >= 11 is 0. The van der Waals surface area contributed by atoms with E-state index in [4.69, 9.17) is 5.73 Å². The molecule has 1 fully saturated rings. The van der Waals surface area contributed by atoms with Crippen molar-refractivity contribution in [1.82, 2.24) is 0 Å². The summed E-state index contributed by atoms with van der Waals surface area (Å²) in [6.45, 7) is 0. The van der Waals surface area contributed by atoms with Gasteiger partial charge in [-0.05, 0) is 31.0 Å². The molecule has 0 spiro atoms. The number of hydrogen-bond acceptors (Lipinski definition) is 2. The molecular weight excluding hydrogens is 312 g/mol. The summed E-state index contributed by atoms with van der Waals surface area (Å²) in [6.07, 6.45) is -2.16. The number of hydrogen-bond donors (Lipinski definition) is 2. The third-order valence-corrected chi connectivity index (χ3v) is 3.49. The van der Waals surface area contributed by atoms with Crippen LogP contribution >= 0.6 is 12.4 Å². The maximum Gasteiger partial charge on any atom is 0.416 e. The number of nitrogens with one attached hydrogen (secondary N) is 1. The molecule has 0 atom stereocenters. The fourth-order valence-electron chi connectivity index (χ4n) is 2.28. The molecule has 1 amide bonds. The van der Waals surface area contributed by atoms with Crippen molar-refractivity contribution in [2.45, 2.75) is 37.4 Å². The highest BCUT2D eigenvalue weighted by Crippen LogP contribution is 2.33. The van der Waals surface area contributed by atoms with Gasteiger partial charge in [0.05, 0.1) is 16.8 Å². The summed E-state index contributed by atoms with van der Waals surface area (Å²) in [5.41, 5.74) is 3.22. The van der Waals surface area contributed by atoms with Gasteiger partial charge < -0.3 is 11.1 Å². The van der Waals surface area contributed by atoms with Crippen molar-refractivity contribution >= 4 is 24.0 Å². The molecule has 3 nitrogen and oxygen atoms in total. The van der Waals surface area contributed by atoms with E-state index in [0.29, 0.717) is 31.0 Å². The normalized spacial score (nSPS) is 17.2. The molecular formula is C13H15ClF4N2O. The summed E-state index contributed by atoms with van der Waals surface area (Å²) in [5, 5.41) is 2.17. The molecule has 0 aliphatic heterocycles. The minimum Gasteiger partial charge on any atom is -0.322 e. The number of carbonyl (C=O) groups is 1. The lowest BCUT2D eigenvalue weighted by molar-refractivity contribution is -0.137. The van der Waals surface area contributed by atoms with E-state index in [0.717, 1.165) is 12.8 Å². The molecule has 0 saturated heterocycles. The summed E-state index contributed by atoms with van der Waals surface area (Å²) in [5.74, 6) is -1.57. The Kier molecular flexibility index (Phi) is 5.22. The van der Waals surface area contributed by atoms with Crippen molar-refractivity contribution in [2.24, 2.45) is 5.73 Å². The molecule has 1 aromatic carbocycles. The quantitative estimate of drug-likeness (QED) is 0.818. The van der Waals surface area contributed by atoms with Gasteiger partial charge in [0.25, 0.3) is 0 Å². The zero-order chi connectivity index (χ0) is 15.0. The molecule has 0 unspecified atom stereocenters. The lowest BCUT2D eigenvalue weighted by Crippen LogP contribution is -2.48. The van der Waals surface area contributed by atoms with Gasteiger partial charge in [-0.2, -0.15) is 13.2 Å². The standard InChI is InChI=1S/C13H14F4N2O.ClH/c14-9-4-3-8(13(15,16)17)7-10(9)19-11(20)12(18)5-1-2-6-12;/h3-4,7H,1-2,5-6,18H2,(H,19,20);1H. The highest BCUT2D eigenvalue weighted by molar-refractivity contribution is 5.98. The van der Waals surface area contributed by atoms with Crippen LogP contribution in [0.3, 0.4) is 0 Å². The van der Waals surface area contributed by atoms with Crippen LogP contribution in [0.5, 0.6) is 0 Å². The van der Waals surface area contributed by atoms with E-state index in [1.807, 2.05) is 0 Å². The van der Waals surface area contributed by atoms with E-state index in [-0.39, 0.29) is 12.4 Å². The Labute approximate surface area is 125 Å². The molecule has 1 saturated carbocycles. The highest BCUT2D eigenvalue weighted by Gasteiger charge is 2.38. The second kappa shape index (κ2) is 6.19. The van der Waals surface area contributed by atoms with Gasteiger partial charge in [0.1, 0.15) is 5.82 Å². The van der Waals surface area contributed by atoms with Gasteiger partial charge in [-0.3, -0.25) is 4.79 Å². The number of alkyl halides is 3. The van der Waals surface area contributed by atoms with Crippen molar-refractivity contribution in [2.75, 3.05) is 5.32 Å². The summed E-state index contributed by atoms with van der Waals surface area (Å²) < 4.78 is 51.2. The average molecular weight is 327 g/mol. The SMILES string of the molecule is Cl.NC1(C(=O)Nc2cc(C(F)(F)F)ccc2F)CCCC1. The van der Waals surface area contributed by atoms with Crippen LogP contribution < -0.4 is 11.1 Å². The number of amides is 1. The molecule has 0 heterocycles. The first-order valence-electron chi connectivity index (χ1n) is 6.19. The molecule has 8 heteroatoms. The molecule has 0 radical (unpaired) electrons. The van der Waals surface area contributed by atoms with Gasteiger partial charge in [-0.15, -0.1) is 12.4 Å². The Hall–Kier alpha value is -1.34. The van der Waals surface area contributed by atoms with Gasteiger partial charge in [0.15, 0.2) is 0 Å². The number of nitrogens with two attached hydrogens (primary N) is 1. The van der Waals surface area contributed by atoms with Gasteiger partial charge >= 0.3 is 6.18 Å². The Balaban J connectivity index is 0.00000220. The molecule has 1 aromatic rings. The predicted molar refractivity (Wildman–Crippen MR) is 72.7 cm³/mol. The molecule has 21 heavy (non-hydrogen) atoms. The minimum atomic E-state index is -4.60. The molecule has 0 bridgehead atoms. The van der Waals surface area contributed by atoms with Crippen molar-refractivity contribution < 1.29 is 22.4 Å². The number of carbonyl (C=O) groups excluding carboxylic acids is 1. The van der Waals surface area contributed by atoms with Gasteiger partial charge in [0.2, 0.25) is 5.91 Å². The molecule has 1 aliphatic rings. The van der Waals surface area contributed by atoms with Crippen LogP contribution in [0.1, 0.15) is 31.2 Å². The second-order valence-corrected chi connectivity index (χ2v) is 5.01. The number of benzene rings is 1. The number of rotatable bonds is 2. The number of anilines is 1. The topological polar surface area (TPSA) is 55.1 Å². The zero-order valence-electron chi connectivity index (χ0n) is 11.0. The van der Waals surface area contributed by atoms with Crippen LogP contribution in [0.15, 0.2) is 18.2 Å². The van der Waals surface area contributed by atoms with Crippen molar-refractivity contribution in [1.29, 1.82) is 0 Å². The Morgan fingerprint density at radius 1 is 1.24 bits per heavy atom. The maximum absolute atomic E-state index is 13.5. The zero-order valence-corrected chi connectivity index (χ0v) is 11.8. The van der Waals surface area contributed by atoms with Crippen LogP contribution in [0.4, 0.5) is 23.2 Å². The van der Waals surface area contributed by atoms with Crippen molar-refractivity contribution in [3.63, 3.8) is 0 Å². The predicted octanol–water partition coefficient (Wildman–Crippen LogP) is 3.48. The van der Waals surface area contributed by atoms with E-state index >= 15 is 0 Å². The van der Waals surface area contributed by atoms with Crippen LogP contribution in [0.25, 0.3) is 0 Å². The van der Waals surface area contributed by atoms with E-state index < -0.39 is 34.7 Å².